The van der Waals surface area contributed by atoms with Crippen LogP contribution in [0, 0.1) is 6.92 Å². The van der Waals surface area contributed by atoms with E-state index < -0.39 is 11.6 Å². The van der Waals surface area contributed by atoms with Gasteiger partial charge in [0.15, 0.2) is 5.65 Å². The van der Waals surface area contributed by atoms with E-state index in [1.807, 2.05) is 50.2 Å². The van der Waals surface area contributed by atoms with Gasteiger partial charge in [0.2, 0.25) is 0 Å². The van der Waals surface area contributed by atoms with E-state index in [0.717, 1.165) is 16.6 Å². The van der Waals surface area contributed by atoms with E-state index in [2.05, 4.69) is 20.3 Å². The monoisotopic (exact) mass is 349 g/mol. The van der Waals surface area contributed by atoms with E-state index in [4.69, 9.17) is 0 Å². The molecule has 0 spiro atoms. The van der Waals surface area contributed by atoms with Crippen LogP contribution in [0.5, 0.6) is 0 Å². The number of nitrogens with zero attached hydrogens (tertiary/aromatic N) is 3. The molecule has 1 aliphatic rings. The molecule has 7 nitrogen and oxygen atoms in total. The highest BCUT2D eigenvalue weighted by Gasteiger charge is 2.51. The lowest BCUT2D eigenvalue weighted by molar-refractivity contribution is -0.132. The van der Waals surface area contributed by atoms with Crippen molar-refractivity contribution < 1.29 is 9.59 Å². The van der Waals surface area contributed by atoms with E-state index in [1.165, 1.54) is 4.90 Å². The summed E-state index contributed by atoms with van der Waals surface area (Å²) < 4.78 is 0. The van der Waals surface area contributed by atoms with Gasteiger partial charge in [-0.3, -0.25) is 9.69 Å². The third-order valence-corrected chi connectivity index (χ3v) is 4.93. The molecule has 7 heteroatoms. The van der Waals surface area contributed by atoms with Crippen LogP contribution >= 0.6 is 0 Å². The molecule has 1 aliphatic heterocycles. The lowest BCUT2D eigenvalue weighted by Crippen LogP contribution is -2.43. The highest BCUT2D eigenvalue weighted by molar-refractivity contribution is 6.07. The highest BCUT2D eigenvalue weighted by Crippen LogP contribution is 2.33. The minimum Gasteiger partial charge on any atom is -0.339 e. The second kappa shape index (κ2) is 5.94. The molecule has 3 heterocycles. The number of benzene rings is 1. The molecule has 4 rings (SSSR count). The smallest absolute Gasteiger partial charge is 0.325 e. The highest BCUT2D eigenvalue weighted by atomic mass is 16.2. The normalized spacial score (nSPS) is 20.0. The molecule has 1 unspecified atom stereocenters. The minimum atomic E-state index is -1.03. The Morgan fingerprint density at radius 1 is 1.15 bits per heavy atom. The molecule has 1 atom stereocenters. The molecule has 0 bridgehead atoms. The predicted octanol–water partition coefficient (Wildman–Crippen LogP) is 2.62. The fraction of sp³-hybridized carbons (Fsp3) is 0.263. The molecule has 1 fully saturated rings. The Morgan fingerprint density at radius 3 is 2.62 bits per heavy atom. The maximum Gasteiger partial charge on any atom is 0.325 e. The van der Waals surface area contributed by atoms with Crippen LogP contribution < -0.4 is 5.32 Å². The molecule has 2 aromatic heterocycles. The molecular weight excluding hydrogens is 330 g/mol. The number of imide groups is 1. The van der Waals surface area contributed by atoms with Gasteiger partial charge in [0.05, 0.1) is 12.1 Å². The molecule has 0 saturated carbocycles. The standard InChI is InChI=1S/C19H19N5O2/c1-3-19(13-7-5-4-6-8-13)17(25)24(18(26)23-19)11-14-21-15-12(2)9-10-20-16(15)22-14/h4-10H,3,11H2,1-2H3,(H,23,26)(H,20,21,22). The van der Waals surface area contributed by atoms with Gasteiger partial charge in [0.25, 0.3) is 5.91 Å². The van der Waals surface area contributed by atoms with Gasteiger partial charge in [0.1, 0.15) is 11.4 Å². The quantitative estimate of drug-likeness (QED) is 0.709. The molecule has 26 heavy (non-hydrogen) atoms. The van der Waals surface area contributed by atoms with Crippen LogP contribution in [0.15, 0.2) is 42.6 Å². The SMILES string of the molecule is CCC1(c2ccccc2)NC(=O)N(Cc2nc3nccc(C)c3[nH]2)C1=O. The summed E-state index contributed by atoms with van der Waals surface area (Å²) in [5, 5.41) is 2.88. The van der Waals surface area contributed by atoms with Gasteiger partial charge in [-0.1, -0.05) is 37.3 Å². The Balaban J connectivity index is 1.68. The van der Waals surface area contributed by atoms with Crippen molar-refractivity contribution in [2.45, 2.75) is 32.4 Å². The third kappa shape index (κ3) is 2.35. The van der Waals surface area contributed by atoms with Gasteiger partial charge >= 0.3 is 6.03 Å². The summed E-state index contributed by atoms with van der Waals surface area (Å²) in [5.74, 6) is 0.270. The Bertz CT molecular complexity index is 998. The first-order chi connectivity index (χ1) is 12.5. The van der Waals surface area contributed by atoms with Crippen LogP contribution in [0.1, 0.15) is 30.3 Å². The topological polar surface area (TPSA) is 91.0 Å². The maximum absolute atomic E-state index is 13.1. The number of pyridine rings is 1. The third-order valence-electron chi connectivity index (χ3n) is 4.93. The molecular formula is C19H19N5O2. The van der Waals surface area contributed by atoms with Gasteiger partial charge in [-0.15, -0.1) is 0 Å². The minimum absolute atomic E-state index is 0.0784. The molecule has 132 valence electrons. The zero-order valence-electron chi connectivity index (χ0n) is 14.6. The molecule has 0 radical (unpaired) electrons. The van der Waals surface area contributed by atoms with Crippen LogP contribution in [0.2, 0.25) is 0 Å². The Morgan fingerprint density at radius 2 is 1.92 bits per heavy atom. The maximum atomic E-state index is 13.1. The number of nitrogens with one attached hydrogen (secondary N) is 2. The molecule has 1 aromatic carbocycles. The number of aromatic amines is 1. The van der Waals surface area contributed by atoms with Crippen LogP contribution in [0.4, 0.5) is 4.79 Å². The predicted molar refractivity (Wildman–Crippen MR) is 96.1 cm³/mol. The van der Waals surface area contributed by atoms with Gasteiger partial charge < -0.3 is 10.3 Å². The lowest BCUT2D eigenvalue weighted by atomic mass is 9.87. The largest absolute Gasteiger partial charge is 0.339 e. The number of aromatic nitrogens is 3. The summed E-state index contributed by atoms with van der Waals surface area (Å²) in [4.78, 5) is 38.7. The average molecular weight is 349 g/mol. The summed E-state index contributed by atoms with van der Waals surface area (Å²) >= 11 is 0. The van der Waals surface area contributed by atoms with Crippen molar-refractivity contribution in [3.05, 3.63) is 59.5 Å². The number of aryl methyl sites for hydroxylation is 1. The number of rotatable bonds is 4. The summed E-state index contributed by atoms with van der Waals surface area (Å²) in [6, 6.07) is 10.8. The molecule has 2 N–H and O–H groups in total. The van der Waals surface area contributed by atoms with E-state index in [1.54, 1.807) is 6.20 Å². The Kier molecular flexibility index (Phi) is 3.72. The van der Waals surface area contributed by atoms with E-state index in [9.17, 15) is 9.59 Å². The van der Waals surface area contributed by atoms with E-state index in [0.29, 0.717) is 17.9 Å². The van der Waals surface area contributed by atoms with Crippen molar-refractivity contribution in [1.29, 1.82) is 0 Å². The average Bonchev–Trinajstić information content (AvgIpc) is 3.18. The lowest BCUT2D eigenvalue weighted by Gasteiger charge is -2.25. The number of fused-ring (bicyclic) bond motifs is 1. The Labute approximate surface area is 150 Å². The molecule has 3 aromatic rings. The number of hydrogen-bond acceptors (Lipinski definition) is 4. The van der Waals surface area contributed by atoms with Crippen molar-refractivity contribution in [2.75, 3.05) is 0 Å². The Hall–Kier alpha value is -3.22. The van der Waals surface area contributed by atoms with Crippen molar-refractivity contribution >= 4 is 23.1 Å². The van der Waals surface area contributed by atoms with Crippen molar-refractivity contribution in [2.24, 2.45) is 0 Å². The van der Waals surface area contributed by atoms with E-state index >= 15 is 0 Å². The van der Waals surface area contributed by atoms with Crippen LogP contribution in [0.25, 0.3) is 11.2 Å². The van der Waals surface area contributed by atoms with Gasteiger partial charge in [-0.05, 0) is 30.5 Å². The molecule has 3 amide bonds. The van der Waals surface area contributed by atoms with E-state index in [-0.39, 0.29) is 12.5 Å². The summed E-state index contributed by atoms with van der Waals surface area (Å²) in [7, 11) is 0. The van der Waals surface area contributed by atoms with Crippen LogP contribution in [0.3, 0.4) is 0 Å². The summed E-state index contributed by atoms with van der Waals surface area (Å²) in [6.45, 7) is 3.93. The summed E-state index contributed by atoms with van der Waals surface area (Å²) in [5.41, 5.74) is 2.17. The van der Waals surface area contributed by atoms with Crippen molar-refractivity contribution in [3.63, 3.8) is 0 Å². The van der Waals surface area contributed by atoms with Crippen LogP contribution in [-0.2, 0) is 16.9 Å². The second-order valence-electron chi connectivity index (χ2n) is 6.46. The molecule has 1 saturated heterocycles. The number of H-pyrrole nitrogens is 1. The second-order valence-corrected chi connectivity index (χ2v) is 6.46. The van der Waals surface area contributed by atoms with Crippen LogP contribution in [-0.4, -0.2) is 31.8 Å². The zero-order chi connectivity index (χ0) is 18.3. The van der Waals surface area contributed by atoms with Gasteiger partial charge in [-0.25, -0.2) is 14.8 Å². The number of amides is 3. The fourth-order valence-corrected chi connectivity index (χ4v) is 3.44. The molecule has 0 aliphatic carbocycles. The first kappa shape index (κ1) is 16.3. The number of imidazole rings is 1. The van der Waals surface area contributed by atoms with Gasteiger partial charge in [0, 0.05) is 6.20 Å². The zero-order valence-corrected chi connectivity index (χ0v) is 14.6. The number of carbonyl (C=O) groups is 2. The van der Waals surface area contributed by atoms with Crippen molar-refractivity contribution in [3.8, 4) is 0 Å². The number of urea groups is 1. The van der Waals surface area contributed by atoms with Gasteiger partial charge in [-0.2, -0.15) is 0 Å². The summed E-state index contributed by atoms with van der Waals surface area (Å²) in [6.07, 6.45) is 2.16. The number of hydrogen-bond donors (Lipinski definition) is 2. The van der Waals surface area contributed by atoms with Crippen molar-refractivity contribution in [1.82, 2.24) is 25.2 Å². The first-order valence-electron chi connectivity index (χ1n) is 8.55. The number of carbonyl (C=O) groups excluding carboxylic acids is 2. The fourth-order valence-electron chi connectivity index (χ4n) is 3.44. The first-order valence-corrected chi connectivity index (χ1v) is 8.55.